The van der Waals surface area contributed by atoms with Crippen molar-refractivity contribution in [2.24, 2.45) is 0 Å². The van der Waals surface area contributed by atoms with Crippen LogP contribution in [0.1, 0.15) is 30.3 Å². The molecule has 2 aliphatic heterocycles. The Morgan fingerprint density at radius 3 is 2.75 bits per heavy atom. The smallest absolute Gasteiger partial charge is 0.225 e. The van der Waals surface area contributed by atoms with E-state index in [0.29, 0.717) is 0 Å². The third-order valence-electron chi connectivity index (χ3n) is 4.60. The Bertz CT molecular complexity index is 661. The highest BCUT2D eigenvalue weighted by Crippen LogP contribution is 2.32. The van der Waals surface area contributed by atoms with Gasteiger partial charge in [-0.05, 0) is 18.9 Å². The van der Waals surface area contributed by atoms with E-state index in [1.54, 1.807) is 12.4 Å². The molecular formula is C17H22N6O. The second-order valence-corrected chi connectivity index (χ2v) is 6.22. The molecule has 0 radical (unpaired) electrons. The maximum atomic E-state index is 5.41. The summed E-state index contributed by atoms with van der Waals surface area (Å²) in [6.45, 7) is 5.31. The summed E-state index contributed by atoms with van der Waals surface area (Å²) in [5.41, 5.74) is 2.04. The van der Waals surface area contributed by atoms with E-state index in [9.17, 15) is 0 Å². The average Bonchev–Trinajstić information content (AvgIpc) is 3.13. The molecule has 0 saturated carbocycles. The largest absolute Gasteiger partial charge is 0.379 e. The standard InChI is InChI=1S/C17H22N6O/c1-3-16(23(6-1)17-19-4-2-5-20-17)15-12-18-11-14(21-15)13-22-7-9-24-10-8-22/h2,4-5,11-12,16H,1,3,6-10,13H2/t16-/m0/s1. The molecular weight excluding hydrogens is 304 g/mol. The van der Waals surface area contributed by atoms with Gasteiger partial charge in [0.1, 0.15) is 0 Å². The van der Waals surface area contributed by atoms with Crippen molar-refractivity contribution in [3.05, 3.63) is 42.2 Å². The Hall–Kier alpha value is -2.12. The first-order chi connectivity index (χ1) is 11.9. The van der Waals surface area contributed by atoms with E-state index in [1.807, 2.05) is 18.5 Å². The molecule has 126 valence electrons. The highest BCUT2D eigenvalue weighted by Gasteiger charge is 2.29. The van der Waals surface area contributed by atoms with Gasteiger partial charge in [0, 0.05) is 44.8 Å². The van der Waals surface area contributed by atoms with Crippen LogP contribution in [0.5, 0.6) is 0 Å². The Balaban J connectivity index is 1.52. The average molecular weight is 326 g/mol. The zero-order valence-electron chi connectivity index (χ0n) is 13.7. The Morgan fingerprint density at radius 2 is 1.92 bits per heavy atom. The molecule has 4 rings (SSSR count). The fourth-order valence-corrected chi connectivity index (χ4v) is 3.40. The van der Waals surface area contributed by atoms with Crippen molar-refractivity contribution in [1.29, 1.82) is 0 Å². The van der Waals surface area contributed by atoms with Gasteiger partial charge in [0.15, 0.2) is 0 Å². The highest BCUT2D eigenvalue weighted by atomic mass is 16.5. The maximum Gasteiger partial charge on any atom is 0.225 e. The van der Waals surface area contributed by atoms with Crippen LogP contribution in [-0.2, 0) is 11.3 Å². The molecule has 2 saturated heterocycles. The van der Waals surface area contributed by atoms with Crippen LogP contribution in [0.15, 0.2) is 30.9 Å². The Kier molecular flexibility index (Phi) is 4.62. The lowest BCUT2D eigenvalue weighted by atomic mass is 10.1. The molecule has 0 amide bonds. The molecule has 0 N–H and O–H groups in total. The number of morpholine rings is 1. The van der Waals surface area contributed by atoms with Crippen molar-refractivity contribution in [3.63, 3.8) is 0 Å². The van der Waals surface area contributed by atoms with Gasteiger partial charge in [0.25, 0.3) is 0 Å². The lowest BCUT2D eigenvalue weighted by molar-refractivity contribution is 0.0335. The molecule has 2 fully saturated rings. The summed E-state index contributed by atoms with van der Waals surface area (Å²) < 4.78 is 5.41. The van der Waals surface area contributed by atoms with Gasteiger partial charge in [-0.25, -0.2) is 9.97 Å². The van der Waals surface area contributed by atoms with Gasteiger partial charge < -0.3 is 9.64 Å². The van der Waals surface area contributed by atoms with Crippen molar-refractivity contribution < 1.29 is 4.74 Å². The number of nitrogens with zero attached hydrogens (tertiary/aromatic N) is 6. The molecule has 7 heteroatoms. The highest BCUT2D eigenvalue weighted by molar-refractivity contribution is 5.35. The van der Waals surface area contributed by atoms with E-state index in [-0.39, 0.29) is 6.04 Å². The van der Waals surface area contributed by atoms with Gasteiger partial charge >= 0.3 is 0 Å². The second-order valence-electron chi connectivity index (χ2n) is 6.22. The number of hydrogen-bond acceptors (Lipinski definition) is 7. The molecule has 7 nitrogen and oxygen atoms in total. The monoisotopic (exact) mass is 326 g/mol. The van der Waals surface area contributed by atoms with Crippen LogP contribution in [0.2, 0.25) is 0 Å². The summed E-state index contributed by atoms with van der Waals surface area (Å²) in [5, 5.41) is 0. The van der Waals surface area contributed by atoms with E-state index in [1.165, 1.54) is 0 Å². The minimum absolute atomic E-state index is 0.213. The lowest BCUT2D eigenvalue weighted by Crippen LogP contribution is -2.36. The van der Waals surface area contributed by atoms with Crippen LogP contribution in [-0.4, -0.2) is 57.7 Å². The van der Waals surface area contributed by atoms with Crippen LogP contribution < -0.4 is 4.90 Å². The molecule has 0 aromatic carbocycles. The van der Waals surface area contributed by atoms with E-state index in [4.69, 9.17) is 9.72 Å². The molecule has 24 heavy (non-hydrogen) atoms. The van der Waals surface area contributed by atoms with Gasteiger partial charge in [-0.1, -0.05) is 0 Å². The number of ether oxygens (including phenoxy) is 1. The molecule has 2 aromatic rings. The van der Waals surface area contributed by atoms with Crippen molar-refractivity contribution in [3.8, 4) is 0 Å². The van der Waals surface area contributed by atoms with Crippen LogP contribution >= 0.6 is 0 Å². The molecule has 1 atom stereocenters. The molecule has 0 aliphatic carbocycles. The van der Waals surface area contributed by atoms with Gasteiger partial charge in [0.05, 0.1) is 36.8 Å². The summed E-state index contributed by atoms with van der Waals surface area (Å²) in [5.74, 6) is 0.778. The van der Waals surface area contributed by atoms with Gasteiger partial charge in [-0.2, -0.15) is 0 Å². The van der Waals surface area contributed by atoms with Crippen molar-refractivity contribution in [2.75, 3.05) is 37.7 Å². The first-order valence-corrected chi connectivity index (χ1v) is 8.55. The summed E-state index contributed by atoms with van der Waals surface area (Å²) in [6, 6.07) is 2.06. The normalized spacial score (nSPS) is 22.0. The van der Waals surface area contributed by atoms with Crippen LogP contribution in [0, 0.1) is 0 Å². The van der Waals surface area contributed by atoms with E-state index < -0.39 is 0 Å². The zero-order valence-corrected chi connectivity index (χ0v) is 13.7. The quantitative estimate of drug-likeness (QED) is 0.842. The van der Waals surface area contributed by atoms with E-state index >= 15 is 0 Å². The van der Waals surface area contributed by atoms with Crippen molar-refractivity contribution in [2.45, 2.75) is 25.4 Å². The minimum Gasteiger partial charge on any atom is -0.379 e. The summed E-state index contributed by atoms with van der Waals surface area (Å²) >= 11 is 0. The summed E-state index contributed by atoms with van der Waals surface area (Å²) in [6.07, 6.45) is 9.52. The van der Waals surface area contributed by atoms with Crippen molar-refractivity contribution >= 4 is 5.95 Å². The fourth-order valence-electron chi connectivity index (χ4n) is 3.40. The van der Waals surface area contributed by atoms with Crippen LogP contribution in [0.4, 0.5) is 5.95 Å². The second kappa shape index (κ2) is 7.19. The van der Waals surface area contributed by atoms with Crippen molar-refractivity contribution in [1.82, 2.24) is 24.8 Å². The molecule has 0 unspecified atom stereocenters. The van der Waals surface area contributed by atoms with Gasteiger partial charge in [0.2, 0.25) is 5.95 Å². The lowest BCUT2D eigenvalue weighted by Gasteiger charge is -2.27. The number of rotatable bonds is 4. The van der Waals surface area contributed by atoms with Gasteiger partial charge in [-0.15, -0.1) is 0 Å². The van der Waals surface area contributed by atoms with Gasteiger partial charge in [-0.3, -0.25) is 14.9 Å². The first kappa shape index (κ1) is 15.4. The molecule has 4 heterocycles. The molecule has 2 aromatic heterocycles. The predicted octanol–water partition coefficient (Wildman–Crippen LogP) is 1.44. The Labute approximate surface area is 141 Å². The number of aromatic nitrogens is 4. The summed E-state index contributed by atoms with van der Waals surface area (Å²) in [7, 11) is 0. The first-order valence-electron chi connectivity index (χ1n) is 8.55. The number of hydrogen-bond donors (Lipinski definition) is 0. The number of anilines is 1. The third-order valence-corrected chi connectivity index (χ3v) is 4.60. The molecule has 2 aliphatic rings. The minimum atomic E-state index is 0.213. The maximum absolute atomic E-state index is 5.41. The Morgan fingerprint density at radius 1 is 1.08 bits per heavy atom. The van der Waals surface area contributed by atoms with E-state index in [0.717, 1.165) is 69.6 Å². The predicted molar refractivity (Wildman–Crippen MR) is 89.5 cm³/mol. The molecule has 0 bridgehead atoms. The zero-order chi connectivity index (χ0) is 16.2. The van der Waals surface area contributed by atoms with Crippen LogP contribution in [0.3, 0.4) is 0 Å². The van der Waals surface area contributed by atoms with E-state index in [2.05, 4.69) is 24.8 Å². The molecule has 0 spiro atoms. The SMILES string of the molecule is c1cnc(N2CCC[C@H]2c2cncc(CN3CCOCC3)n2)nc1. The topological polar surface area (TPSA) is 67.3 Å². The summed E-state index contributed by atoms with van der Waals surface area (Å²) in [4.78, 5) is 22.7. The van der Waals surface area contributed by atoms with Crippen LogP contribution in [0.25, 0.3) is 0 Å². The third kappa shape index (κ3) is 3.37. The fraction of sp³-hybridized carbons (Fsp3) is 0.529.